The second kappa shape index (κ2) is 4.71. The topological polar surface area (TPSA) is 38.0 Å². The molecule has 0 fully saturated rings. The number of aliphatic hydroxyl groups is 1. The van der Waals surface area contributed by atoms with E-state index in [1.54, 1.807) is 30.8 Å². The van der Waals surface area contributed by atoms with Crippen LogP contribution in [-0.4, -0.2) is 14.9 Å². The summed E-state index contributed by atoms with van der Waals surface area (Å²) in [5.74, 6) is -0.294. The van der Waals surface area contributed by atoms with Crippen molar-refractivity contribution in [3.8, 4) is 0 Å². The van der Waals surface area contributed by atoms with Crippen LogP contribution in [0.1, 0.15) is 18.2 Å². The highest BCUT2D eigenvalue weighted by atomic mass is 35.5. The highest BCUT2D eigenvalue weighted by Gasteiger charge is 2.29. The third-order valence-electron chi connectivity index (χ3n) is 2.87. The first-order valence-electron chi connectivity index (χ1n) is 5.55. The number of halogens is 2. The summed E-state index contributed by atoms with van der Waals surface area (Å²) in [5, 5.41) is 14.9. The second-order valence-electron chi connectivity index (χ2n) is 4.54. The van der Waals surface area contributed by atoms with Crippen molar-refractivity contribution in [3.63, 3.8) is 0 Å². The van der Waals surface area contributed by atoms with Gasteiger partial charge in [0.15, 0.2) is 0 Å². The van der Waals surface area contributed by atoms with E-state index >= 15 is 0 Å². The van der Waals surface area contributed by atoms with Gasteiger partial charge in [0.2, 0.25) is 0 Å². The number of rotatable bonds is 3. The van der Waals surface area contributed by atoms with Crippen LogP contribution in [0.3, 0.4) is 0 Å². The molecule has 0 aliphatic carbocycles. The monoisotopic (exact) mass is 268 g/mol. The fourth-order valence-electron chi connectivity index (χ4n) is 2.10. The summed E-state index contributed by atoms with van der Waals surface area (Å²) >= 11 is 6.02. The molecule has 1 aromatic carbocycles. The van der Waals surface area contributed by atoms with E-state index in [1.165, 1.54) is 18.3 Å². The molecule has 0 saturated carbocycles. The Morgan fingerprint density at radius 2 is 2.00 bits per heavy atom. The zero-order valence-electron chi connectivity index (χ0n) is 10.2. The Kier molecular flexibility index (Phi) is 3.41. The van der Waals surface area contributed by atoms with Gasteiger partial charge in [0.1, 0.15) is 11.4 Å². The van der Waals surface area contributed by atoms with Crippen molar-refractivity contribution in [1.29, 1.82) is 0 Å². The van der Waals surface area contributed by atoms with Crippen molar-refractivity contribution < 1.29 is 9.50 Å². The van der Waals surface area contributed by atoms with Crippen LogP contribution < -0.4 is 0 Å². The van der Waals surface area contributed by atoms with E-state index in [-0.39, 0.29) is 5.82 Å². The Hall–Kier alpha value is -1.39. The van der Waals surface area contributed by atoms with Crippen LogP contribution in [0.2, 0.25) is 5.02 Å². The molecule has 1 N–H and O–H groups in total. The predicted molar refractivity (Wildman–Crippen MR) is 67.9 cm³/mol. The first kappa shape index (κ1) is 13.1. The Labute approximate surface area is 110 Å². The van der Waals surface area contributed by atoms with E-state index in [4.69, 9.17) is 11.6 Å². The highest BCUT2D eigenvalue weighted by Crippen LogP contribution is 2.30. The summed E-state index contributed by atoms with van der Waals surface area (Å²) in [7, 11) is 1.72. The number of hydrogen-bond donors (Lipinski definition) is 1. The molecule has 0 spiro atoms. The second-order valence-corrected chi connectivity index (χ2v) is 4.95. The smallest absolute Gasteiger partial charge is 0.123 e. The number of aryl methyl sites for hydroxylation is 1. The molecule has 5 heteroatoms. The van der Waals surface area contributed by atoms with Gasteiger partial charge in [-0.05, 0) is 24.6 Å². The lowest BCUT2D eigenvalue weighted by atomic mass is 9.93. The zero-order chi connectivity index (χ0) is 13.3. The Bertz CT molecular complexity index is 529. The average Bonchev–Trinajstić information content (AvgIpc) is 2.62. The van der Waals surface area contributed by atoms with E-state index in [1.807, 2.05) is 0 Å². The maximum atomic E-state index is 12.8. The maximum absolute atomic E-state index is 12.8. The van der Waals surface area contributed by atoms with Crippen LogP contribution in [-0.2, 0) is 19.1 Å². The molecule has 0 aliphatic rings. The normalized spacial score (nSPS) is 14.5. The minimum Gasteiger partial charge on any atom is -0.383 e. The lowest BCUT2D eigenvalue weighted by Crippen LogP contribution is -2.27. The highest BCUT2D eigenvalue weighted by molar-refractivity contribution is 6.31. The van der Waals surface area contributed by atoms with E-state index in [0.717, 1.165) is 5.56 Å². The van der Waals surface area contributed by atoms with Gasteiger partial charge in [0.25, 0.3) is 0 Å². The van der Waals surface area contributed by atoms with Gasteiger partial charge in [-0.25, -0.2) is 4.39 Å². The number of nitrogens with zero attached hydrogens (tertiary/aromatic N) is 2. The van der Waals surface area contributed by atoms with E-state index < -0.39 is 5.60 Å². The molecule has 2 rings (SSSR count). The van der Waals surface area contributed by atoms with Crippen LogP contribution in [0.5, 0.6) is 0 Å². The van der Waals surface area contributed by atoms with Crippen molar-refractivity contribution in [2.75, 3.05) is 0 Å². The minimum absolute atomic E-state index is 0.294. The number of benzene rings is 1. The van der Waals surface area contributed by atoms with Crippen LogP contribution in [0.4, 0.5) is 4.39 Å². The van der Waals surface area contributed by atoms with Crippen LogP contribution >= 0.6 is 11.6 Å². The fourth-order valence-corrected chi connectivity index (χ4v) is 2.47. The molecule has 1 atom stereocenters. The summed E-state index contributed by atoms with van der Waals surface area (Å²) < 4.78 is 14.4. The first-order valence-corrected chi connectivity index (χ1v) is 5.93. The largest absolute Gasteiger partial charge is 0.383 e. The molecule has 0 bridgehead atoms. The van der Waals surface area contributed by atoms with E-state index in [0.29, 0.717) is 17.1 Å². The average molecular weight is 269 g/mol. The van der Waals surface area contributed by atoms with Gasteiger partial charge >= 0.3 is 0 Å². The first-order chi connectivity index (χ1) is 8.40. The SMILES string of the molecule is Cn1ncc(Cl)c1C(C)(O)Cc1ccc(F)cc1. The quantitative estimate of drug-likeness (QED) is 0.929. The van der Waals surface area contributed by atoms with Gasteiger partial charge < -0.3 is 5.11 Å². The Balaban J connectivity index is 2.29. The molecule has 18 heavy (non-hydrogen) atoms. The molecule has 3 nitrogen and oxygen atoms in total. The molecule has 0 amide bonds. The van der Waals surface area contributed by atoms with Gasteiger partial charge in [0.05, 0.1) is 16.9 Å². The van der Waals surface area contributed by atoms with E-state index in [2.05, 4.69) is 5.10 Å². The van der Waals surface area contributed by atoms with Crippen LogP contribution in [0.15, 0.2) is 30.5 Å². The third-order valence-corrected chi connectivity index (χ3v) is 3.14. The van der Waals surface area contributed by atoms with Gasteiger partial charge in [-0.3, -0.25) is 4.68 Å². The molecule has 0 radical (unpaired) electrons. The number of hydrogen-bond acceptors (Lipinski definition) is 2. The lowest BCUT2D eigenvalue weighted by Gasteiger charge is -2.24. The third kappa shape index (κ3) is 2.54. The summed E-state index contributed by atoms with van der Waals surface area (Å²) in [5.41, 5.74) is 0.229. The standard InChI is InChI=1S/C13H14ClFN2O/c1-13(18,12-11(14)8-16-17(12)2)7-9-3-5-10(15)6-4-9/h3-6,8,18H,7H2,1-2H3. The van der Waals surface area contributed by atoms with Crippen molar-refractivity contribution >= 4 is 11.6 Å². The van der Waals surface area contributed by atoms with Crippen molar-refractivity contribution in [3.05, 3.63) is 52.6 Å². The van der Waals surface area contributed by atoms with E-state index in [9.17, 15) is 9.50 Å². The summed E-state index contributed by atoms with van der Waals surface area (Å²) in [6, 6.07) is 6.04. The zero-order valence-corrected chi connectivity index (χ0v) is 10.9. The van der Waals surface area contributed by atoms with Gasteiger partial charge in [-0.15, -0.1) is 0 Å². The van der Waals surface area contributed by atoms with Crippen molar-refractivity contribution in [2.45, 2.75) is 18.9 Å². The van der Waals surface area contributed by atoms with Gasteiger partial charge in [-0.1, -0.05) is 23.7 Å². The van der Waals surface area contributed by atoms with Gasteiger partial charge in [0, 0.05) is 13.5 Å². The molecule has 1 aromatic heterocycles. The summed E-state index contributed by atoms with van der Waals surface area (Å²) in [6.45, 7) is 1.67. The van der Waals surface area contributed by atoms with Gasteiger partial charge in [-0.2, -0.15) is 5.10 Å². The molecule has 2 aromatic rings. The Morgan fingerprint density at radius 1 is 1.39 bits per heavy atom. The summed E-state index contributed by atoms with van der Waals surface area (Å²) in [6.07, 6.45) is 1.84. The molecular weight excluding hydrogens is 255 g/mol. The molecule has 0 saturated heterocycles. The van der Waals surface area contributed by atoms with Crippen molar-refractivity contribution in [1.82, 2.24) is 9.78 Å². The summed E-state index contributed by atoms with van der Waals surface area (Å²) in [4.78, 5) is 0. The predicted octanol–water partition coefficient (Wildman–Crippen LogP) is 2.66. The molecule has 96 valence electrons. The molecule has 1 heterocycles. The van der Waals surface area contributed by atoms with Crippen molar-refractivity contribution in [2.24, 2.45) is 7.05 Å². The number of aromatic nitrogens is 2. The molecular formula is C13H14ClFN2O. The lowest BCUT2D eigenvalue weighted by molar-refractivity contribution is 0.0491. The molecule has 1 unspecified atom stereocenters. The minimum atomic E-state index is -1.15. The maximum Gasteiger partial charge on any atom is 0.123 e. The Morgan fingerprint density at radius 3 is 2.50 bits per heavy atom. The fraction of sp³-hybridized carbons (Fsp3) is 0.308. The molecule has 0 aliphatic heterocycles. The van der Waals surface area contributed by atoms with Crippen LogP contribution in [0, 0.1) is 5.82 Å². The van der Waals surface area contributed by atoms with Crippen LogP contribution in [0.25, 0.3) is 0 Å².